The van der Waals surface area contributed by atoms with Crippen LogP contribution in [0.25, 0.3) is 0 Å². The topological polar surface area (TPSA) is 15.3 Å². The summed E-state index contributed by atoms with van der Waals surface area (Å²) in [5, 5.41) is 3.39. The van der Waals surface area contributed by atoms with E-state index in [-0.39, 0.29) is 0 Å². The monoisotopic (exact) mass is 246 g/mol. The smallest absolute Gasteiger partial charge is 0.0239 e. The van der Waals surface area contributed by atoms with Crippen LogP contribution in [-0.4, -0.2) is 31.1 Å². The fourth-order valence-corrected chi connectivity index (χ4v) is 2.08. The van der Waals surface area contributed by atoms with Gasteiger partial charge >= 0.3 is 0 Å². The van der Waals surface area contributed by atoms with Crippen LogP contribution >= 0.6 is 0 Å². The number of benzene rings is 1. The summed E-state index contributed by atoms with van der Waals surface area (Å²) in [6, 6.07) is 8.75. The van der Waals surface area contributed by atoms with Gasteiger partial charge in [-0.2, -0.15) is 0 Å². The first-order valence-electron chi connectivity index (χ1n) is 6.92. The molecule has 0 saturated heterocycles. The summed E-state index contributed by atoms with van der Waals surface area (Å²) >= 11 is 0. The third-order valence-electron chi connectivity index (χ3n) is 3.17. The lowest BCUT2D eigenvalue weighted by atomic mass is 10.0. The van der Waals surface area contributed by atoms with E-state index in [1.165, 1.54) is 11.1 Å². The molecule has 0 aliphatic heterocycles. The maximum atomic E-state index is 3.82. The Morgan fingerprint density at radius 1 is 1.22 bits per heavy atom. The van der Waals surface area contributed by atoms with Gasteiger partial charge in [-0.05, 0) is 37.2 Å². The van der Waals surface area contributed by atoms with Crippen LogP contribution < -0.4 is 5.32 Å². The van der Waals surface area contributed by atoms with Gasteiger partial charge in [0.25, 0.3) is 0 Å². The Kier molecular flexibility index (Phi) is 7.38. The maximum Gasteiger partial charge on any atom is 0.0239 e. The molecule has 18 heavy (non-hydrogen) atoms. The van der Waals surface area contributed by atoms with Crippen molar-refractivity contribution in [3.63, 3.8) is 0 Å². The molecule has 2 nitrogen and oxygen atoms in total. The SMILES string of the molecule is C=CCN(CC)Cc1ccccc1CCNCC. The Hall–Kier alpha value is -1.12. The van der Waals surface area contributed by atoms with Crippen molar-refractivity contribution in [1.29, 1.82) is 0 Å². The van der Waals surface area contributed by atoms with Gasteiger partial charge in [0.2, 0.25) is 0 Å². The summed E-state index contributed by atoms with van der Waals surface area (Å²) in [5.41, 5.74) is 2.90. The van der Waals surface area contributed by atoms with Gasteiger partial charge in [0.1, 0.15) is 0 Å². The van der Waals surface area contributed by atoms with Crippen molar-refractivity contribution >= 4 is 0 Å². The van der Waals surface area contributed by atoms with Gasteiger partial charge in [0, 0.05) is 13.1 Å². The zero-order valence-corrected chi connectivity index (χ0v) is 11.8. The second-order valence-corrected chi connectivity index (χ2v) is 4.49. The first-order valence-corrected chi connectivity index (χ1v) is 6.92. The highest BCUT2D eigenvalue weighted by Gasteiger charge is 2.05. The Morgan fingerprint density at radius 3 is 2.56 bits per heavy atom. The minimum absolute atomic E-state index is 0.956. The average Bonchev–Trinajstić information content (AvgIpc) is 2.40. The zero-order valence-electron chi connectivity index (χ0n) is 11.8. The number of nitrogens with one attached hydrogen (secondary N) is 1. The fraction of sp³-hybridized carbons (Fsp3) is 0.500. The van der Waals surface area contributed by atoms with E-state index in [1.807, 2.05) is 6.08 Å². The minimum atomic E-state index is 0.956. The van der Waals surface area contributed by atoms with Crippen molar-refractivity contribution in [2.75, 3.05) is 26.2 Å². The number of nitrogens with zero attached hydrogens (tertiary/aromatic N) is 1. The van der Waals surface area contributed by atoms with E-state index < -0.39 is 0 Å². The lowest BCUT2D eigenvalue weighted by Crippen LogP contribution is -2.24. The first-order chi connectivity index (χ1) is 8.81. The number of likely N-dealkylation sites (N-methyl/N-ethyl adjacent to an activating group) is 2. The number of rotatable bonds is 9. The predicted molar refractivity (Wildman–Crippen MR) is 79.8 cm³/mol. The van der Waals surface area contributed by atoms with E-state index in [0.717, 1.165) is 39.1 Å². The Balaban J connectivity index is 2.65. The van der Waals surface area contributed by atoms with Crippen LogP contribution in [0, 0.1) is 0 Å². The summed E-state index contributed by atoms with van der Waals surface area (Å²) in [6.07, 6.45) is 3.08. The van der Waals surface area contributed by atoms with Gasteiger partial charge < -0.3 is 5.32 Å². The number of hydrogen-bond acceptors (Lipinski definition) is 2. The molecule has 0 saturated carbocycles. The van der Waals surface area contributed by atoms with Crippen molar-refractivity contribution < 1.29 is 0 Å². The van der Waals surface area contributed by atoms with Gasteiger partial charge in [-0.3, -0.25) is 4.90 Å². The maximum absolute atomic E-state index is 3.82. The Bertz CT molecular complexity index is 347. The predicted octanol–water partition coefficient (Wildman–Crippen LogP) is 2.85. The second kappa shape index (κ2) is 8.90. The highest BCUT2D eigenvalue weighted by molar-refractivity contribution is 5.27. The molecule has 0 amide bonds. The molecule has 0 aliphatic rings. The molecular weight excluding hydrogens is 220 g/mol. The molecule has 0 unspecified atom stereocenters. The third-order valence-corrected chi connectivity index (χ3v) is 3.17. The van der Waals surface area contributed by atoms with Crippen LogP contribution in [0.2, 0.25) is 0 Å². The van der Waals surface area contributed by atoms with E-state index in [2.05, 4.69) is 54.9 Å². The molecule has 0 aliphatic carbocycles. The van der Waals surface area contributed by atoms with Crippen molar-refractivity contribution in [1.82, 2.24) is 10.2 Å². The molecule has 0 aromatic heterocycles. The van der Waals surface area contributed by atoms with E-state index in [4.69, 9.17) is 0 Å². The molecule has 0 fully saturated rings. The van der Waals surface area contributed by atoms with Crippen LogP contribution in [0.4, 0.5) is 0 Å². The van der Waals surface area contributed by atoms with Crippen molar-refractivity contribution in [2.45, 2.75) is 26.8 Å². The van der Waals surface area contributed by atoms with Crippen LogP contribution in [0.5, 0.6) is 0 Å². The summed E-state index contributed by atoms with van der Waals surface area (Å²) in [6.45, 7) is 13.3. The molecule has 1 rings (SSSR count). The molecule has 1 aromatic carbocycles. The fourth-order valence-electron chi connectivity index (χ4n) is 2.08. The molecule has 100 valence electrons. The van der Waals surface area contributed by atoms with Crippen LogP contribution in [0.1, 0.15) is 25.0 Å². The van der Waals surface area contributed by atoms with Gasteiger partial charge in [-0.25, -0.2) is 0 Å². The average molecular weight is 246 g/mol. The Labute approximate surface area is 112 Å². The van der Waals surface area contributed by atoms with Gasteiger partial charge in [-0.1, -0.05) is 44.2 Å². The summed E-state index contributed by atoms with van der Waals surface area (Å²) in [7, 11) is 0. The highest BCUT2D eigenvalue weighted by atomic mass is 15.1. The highest BCUT2D eigenvalue weighted by Crippen LogP contribution is 2.12. The van der Waals surface area contributed by atoms with Gasteiger partial charge in [0.05, 0.1) is 0 Å². The summed E-state index contributed by atoms with van der Waals surface area (Å²) in [4.78, 5) is 2.40. The van der Waals surface area contributed by atoms with E-state index in [9.17, 15) is 0 Å². The summed E-state index contributed by atoms with van der Waals surface area (Å²) < 4.78 is 0. The second-order valence-electron chi connectivity index (χ2n) is 4.49. The Morgan fingerprint density at radius 2 is 1.94 bits per heavy atom. The zero-order chi connectivity index (χ0) is 13.2. The van der Waals surface area contributed by atoms with Crippen molar-refractivity contribution in [3.8, 4) is 0 Å². The molecule has 0 spiro atoms. The molecule has 2 heteroatoms. The van der Waals surface area contributed by atoms with E-state index in [1.54, 1.807) is 0 Å². The molecule has 0 heterocycles. The number of hydrogen-bond donors (Lipinski definition) is 1. The molecule has 1 N–H and O–H groups in total. The standard InChI is InChI=1S/C16H26N2/c1-4-13-18(6-3)14-16-10-8-7-9-15(16)11-12-17-5-2/h4,7-10,17H,1,5-6,11-14H2,2-3H3. The van der Waals surface area contributed by atoms with E-state index in [0.29, 0.717) is 0 Å². The normalized spacial score (nSPS) is 10.8. The van der Waals surface area contributed by atoms with Crippen molar-refractivity contribution in [3.05, 3.63) is 48.0 Å². The molecule has 0 radical (unpaired) electrons. The molecule has 0 bridgehead atoms. The largest absolute Gasteiger partial charge is 0.317 e. The van der Waals surface area contributed by atoms with E-state index >= 15 is 0 Å². The summed E-state index contributed by atoms with van der Waals surface area (Å²) in [5.74, 6) is 0. The van der Waals surface area contributed by atoms with Gasteiger partial charge in [0.15, 0.2) is 0 Å². The van der Waals surface area contributed by atoms with Crippen LogP contribution in [0.15, 0.2) is 36.9 Å². The molecule has 1 aromatic rings. The molecule has 0 atom stereocenters. The quantitative estimate of drug-likeness (QED) is 0.532. The van der Waals surface area contributed by atoms with Gasteiger partial charge in [-0.15, -0.1) is 6.58 Å². The first kappa shape index (κ1) is 14.9. The van der Waals surface area contributed by atoms with Crippen LogP contribution in [0.3, 0.4) is 0 Å². The lowest BCUT2D eigenvalue weighted by Gasteiger charge is -2.20. The lowest BCUT2D eigenvalue weighted by molar-refractivity contribution is 0.310. The third kappa shape index (κ3) is 5.03. The van der Waals surface area contributed by atoms with Crippen LogP contribution in [-0.2, 0) is 13.0 Å². The minimum Gasteiger partial charge on any atom is -0.317 e. The van der Waals surface area contributed by atoms with Crippen molar-refractivity contribution in [2.24, 2.45) is 0 Å². The molecular formula is C16H26N2.